The third-order valence-electron chi connectivity index (χ3n) is 3.49. The Labute approximate surface area is 111 Å². The highest BCUT2D eigenvalue weighted by Gasteiger charge is 2.17. The molecule has 0 aliphatic carbocycles. The lowest BCUT2D eigenvalue weighted by molar-refractivity contribution is 0.271. The highest BCUT2D eigenvalue weighted by molar-refractivity contribution is 7.84. The normalized spacial score (nSPS) is 18.9. The van der Waals surface area contributed by atoms with E-state index in [1.165, 1.54) is 0 Å². The number of nitrogens with two attached hydrogens (primary N) is 1. The van der Waals surface area contributed by atoms with Crippen molar-refractivity contribution < 1.29 is 4.21 Å². The average molecular weight is 267 g/mol. The summed E-state index contributed by atoms with van der Waals surface area (Å²) in [5, 5.41) is 0. The number of hydrogen-bond donors (Lipinski definition) is 1. The van der Waals surface area contributed by atoms with Gasteiger partial charge in [-0.25, -0.2) is 0 Å². The number of rotatable bonds is 3. The zero-order chi connectivity index (χ0) is 13.1. The quantitative estimate of drug-likeness (QED) is 0.835. The molecule has 1 aliphatic heterocycles. The Balaban J connectivity index is 2.12. The van der Waals surface area contributed by atoms with Crippen LogP contribution in [0.15, 0.2) is 23.1 Å². The number of anilines is 2. The first kappa shape index (κ1) is 13.4. The van der Waals surface area contributed by atoms with Gasteiger partial charge in [0.15, 0.2) is 0 Å². The van der Waals surface area contributed by atoms with Gasteiger partial charge in [-0.1, -0.05) is 6.92 Å². The van der Waals surface area contributed by atoms with Crippen LogP contribution in [0.25, 0.3) is 0 Å². The van der Waals surface area contributed by atoms with Crippen molar-refractivity contribution in [3.63, 3.8) is 0 Å². The minimum Gasteiger partial charge on any atom is -0.397 e. The van der Waals surface area contributed by atoms with Gasteiger partial charge in [-0.05, 0) is 24.7 Å². The Kier molecular flexibility index (Phi) is 4.24. The summed E-state index contributed by atoms with van der Waals surface area (Å²) < 4.78 is 11.4. The zero-order valence-corrected chi connectivity index (χ0v) is 11.9. The smallest absolute Gasteiger partial charge is 0.0601 e. The monoisotopic (exact) mass is 267 g/mol. The fraction of sp³-hybridized carbons (Fsp3) is 0.538. The summed E-state index contributed by atoms with van der Waals surface area (Å²) >= 11 is 0. The van der Waals surface area contributed by atoms with Crippen molar-refractivity contribution in [2.24, 2.45) is 0 Å². The second-order valence-electron chi connectivity index (χ2n) is 4.60. The molecule has 1 aromatic carbocycles. The van der Waals surface area contributed by atoms with Crippen LogP contribution >= 0.6 is 0 Å². The molecule has 2 rings (SSSR count). The van der Waals surface area contributed by atoms with Crippen LogP contribution in [0.2, 0.25) is 0 Å². The molecule has 100 valence electrons. The van der Waals surface area contributed by atoms with Crippen LogP contribution in [0.1, 0.15) is 6.92 Å². The predicted octanol–water partition coefficient (Wildman–Crippen LogP) is 1.15. The first-order valence-corrected chi connectivity index (χ1v) is 7.88. The lowest BCUT2D eigenvalue weighted by Crippen LogP contribution is -2.46. The number of likely N-dealkylation sites (N-methyl/N-ethyl adjacent to an activating group) is 1. The number of hydrogen-bond acceptors (Lipinski definition) is 4. The summed E-state index contributed by atoms with van der Waals surface area (Å²) in [5.41, 5.74) is 7.87. The maximum absolute atomic E-state index is 11.4. The van der Waals surface area contributed by atoms with E-state index in [9.17, 15) is 4.21 Å². The molecule has 0 spiro atoms. The molecule has 4 nitrogen and oxygen atoms in total. The van der Waals surface area contributed by atoms with Crippen LogP contribution in [0.4, 0.5) is 11.4 Å². The first-order valence-electron chi connectivity index (χ1n) is 6.32. The van der Waals surface area contributed by atoms with Crippen LogP contribution in [0.5, 0.6) is 0 Å². The molecule has 1 fully saturated rings. The molecule has 0 bridgehead atoms. The van der Waals surface area contributed by atoms with E-state index in [0.717, 1.165) is 49.0 Å². The fourth-order valence-electron chi connectivity index (χ4n) is 2.30. The molecule has 18 heavy (non-hydrogen) atoms. The Hall–Kier alpha value is -1.07. The van der Waals surface area contributed by atoms with E-state index >= 15 is 0 Å². The summed E-state index contributed by atoms with van der Waals surface area (Å²) in [7, 11) is -0.966. The zero-order valence-electron chi connectivity index (χ0n) is 11.1. The maximum atomic E-state index is 11.4. The highest BCUT2D eigenvalue weighted by Crippen LogP contribution is 2.26. The molecule has 1 unspecified atom stereocenters. The maximum Gasteiger partial charge on any atom is 0.0601 e. The van der Waals surface area contributed by atoms with E-state index in [2.05, 4.69) is 16.7 Å². The van der Waals surface area contributed by atoms with Crippen LogP contribution in [0, 0.1) is 0 Å². The molecule has 1 aliphatic rings. The molecule has 1 saturated heterocycles. The van der Waals surface area contributed by atoms with Crippen molar-refractivity contribution in [1.82, 2.24) is 4.90 Å². The van der Waals surface area contributed by atoms with Crippen molar-refractivity contribution in [2.45, 2.75) is 11.8 Å². The molecule has 2 N–H and O–H groups in total. The predicted molar refractivity (Wildman–Crippen MR) is 77.5 cm³/mol. The molecule has 0 aromatic heterocycles. The van der Waals surface area contributed by atoms with E-state index in [4.69, 9.17) is 5.73 Å². The van der Waals surface area contributed by atoms with Crippen LogP contribution in [0.3, 0.4) is 0 Å². The van der Waals surface area contributed by atoms with Crippen LogP contribution < -0.4 is 10.6 Å². The van der Waals surface area contributed by atoms with Gasteiger partial charge >= 0.3 is 0 Å². The highest BCUT2D eigenvalue weighted by atomic mass is 32.2. The molecule has 0 saturated carbocycles. The second-order valence-corrected chi connectivity index (χ2v) is 5.98. The second kappa shape index (κ2) is 5.71. The largest absolute Gasteiger partial charge is 0.397 e. The molecule has 0 amide bonds. The van der Waals surface area contributed by atoms with E-state index < -0.39 is 10.8 Å². The van der Waals surface area contributed by atoms with Gasteiger partial charge in [0, 0.05) is 48.1 Å². The Bertz CT molecular complexity index is 442. The molecular formula is C13H21N3OS. The van der Waals surface area contributed by atoms with E-state index in [0.29, 0.717) is 0 Å². The molecule has 0 radical (unpaired) electrons. The summed E-state index contributed by atoms with van der Waals surface area (Å²) in [5.74, 6) is 0. The topological polar surface area (TPSA) is 49.6 Å². The standard InChI is InChI=1S/C13H21N3OS/c1-3-15-6-8-16(9-7-15)13-5-4-11(18(2)17)10-12(13)14/h4-5,10H,3,6-9,14H2,1-2H3. The third-order valence-corrected chi connectivity index (χ3v) is 4.41. The SMILES string of the molecule is CCN1CCN(c2ccc(S(C)=O)cc2N)CC1. The molecule has 1 heterocycles. The van der Waals surface area contributed by atoms with Gasteiger partial charge in [-0.15, -0.1) is 0 Å². The molecule has 1 aromatic rings. The van der Waals surface area contributed by atoms with Crippen LogP contribution in [-0.2, 0) is 10.8 Å². The van der Waals surface area contributed by atoms with Crippen molar-refractivity contribution in [2.75, 3.05) is 49.6 Å². The summed E-state index contributed by atoms with van der Waals surface area (Å²) in [4.78, 5) is 5.54. The van der Waals surface area contributed by atoms with Crippen LogP contribution in [-0.4, -0.2) is 48.1 Å². The fourth-order valence-corrected chi connectivity index (χ4v) is 2.86. The Morgan fingerprint density at radius 1 is 1.28 bits per heavy atom. The molecule has 1 atom stereocenters. The van der Waals surface area contributed by atoms with Crippen molar-refractivity contribution in [3.05, 3.63) is 18.2 Å². The Morgan fingerprint density at radius 2 is 1.94 bits per heavy atom. The van der Waals surface area contributed by atoms with Gasteiger partial charge in [0.2, 0.25) is 0 Å². The van der Waals surface area contributed by atoms with Crippen molar-refractivity contribution in [1.29, 1.82) is 0 Å². The molecule has 5 heteroatoms. The minimum atomic E-state index is -0.966. The number of piperazine rings is 1. The average Bonchev–Trinajstić information content (AvgIpc) is 2.38. The third kappa shape index (κ3) is 2.84. The van der Waals surface area contributed by atoms with Crippen molar-refractivity contribution >= 4 is 22.2 Å². The van der Waals surface area contributed by atoms with Gasteiger partial charge in [0.25, 0.3) is 0 Å². The van der Waals surface area contributed by atoms with E-state index in [1.807, 2.05) is 18.2 Å². The first-order chi connectivity index (χ1) is 8.61. The summed E-state index contributed by atoms with van der Waals surface area (Å²) in [6.45, 7) is 7.47. The Morgan fingerprint density at radius 3 is 2.44 bits per heavy atom. The van der Waals surface area contributed by atoms with Crippen molar-refractivity contribution in [3.8, 4) is 0 Å². The number of nitrogen functional groups attached to an aromatic ring is 1. The van der Waals surface area contributed by atoms with Gasteiger partial charge < -0.3 is 15.5 Å². The van der Waals surface area contributed by atoms with E-state index in [1.54, 1.807) is 6.26 Å². The lowest BCUT2D eigenvalue weighted by Gasteiger charge is -2.36. The lowest BCUT2D eigenvalue weighted by atomic mass is 10.2. The number of nitrogens with zero attached hydrogens (tertiary/aromatic N) is 2. The van der Waals surface area contributed by atoms with E-state index in [-0.39, 0.29) is 0 Å². The van der Waals surface area contributed by atoms with Gasteiger partial charge in [-0.2, -0.15) is 0 Å². The summed E-state index contributed by atoms with van der Waals surface area (Å²) in [6, 6.07) is 5.74. The summed E-state index contributed by atoms with van der Waals surface area (Å²) in [6.07, 6.45) is 1.68. The van der Waals surface area contributed by atoms with Gasteiger partial charge in [0.1, 0.15) is 0 Å². The molecular weight excluding hydrogens is 246 g/mol. The number of benzene rings is 1. The van der Waals surface area contributed by atoms with Gasteiger partial charge in [-0.3, -0.25) is 4.21 Å². The minimum absolute atomic E-state index is 0.729. The van der Waals surface area contributed by atoms with Gasteiger partial charge in [0.05, 0.1) is 11.4 Å².